The quantitative estimate of drug-likeness (QED) is 0.246. The topological polar surface area (TPSA) is 165 Å². The number of rotatable bonds is 11. The normalized spacial score (nSPS) is 38.9. The van der Waals surface area contributed by atoms with Gasteiger partial charge in [-0.3, -0.25) is 29.0 Å². The van der Waals surface area contributed by atoms with Gasteiger partial charge in [-0.15, -0.1) is 0 Å². The van der Waals surface area contributed by atoms with E-state index in [-0.39, 0.29) is 76.0 Å². The van der Waals surface area contributed by atoms with Crippen LogP contribution in [0.4, 0.5) is 8.78 Å². The summed E-state index contributed by atoms with van der Waals surface area (Å²) in [5.74, 6) is -1.04. The number of nitrogens with zero attached hydrogens (tertiary/aromatic N) is 4. The van der Waals surface area contributed by atoms with Crippen LogP contribution in [0.1, 0.15) is 89.9 Å². The van der Waals surface area contributed by atoms with E-state index in [1.54, 1.807) is 9.80 Å². The molecule has 262 valence electrons. The second kappa shape index (κ2) is 13.5. The van der Waals surface area contributed by atoms with Crippen molar-refractivity contribution in [1.82, 2.24) is 20.4 Å². The molecule has 0 aromatic rings. The number of alkyl halides is 2. The number of carbonyl (C=O) groups is 4. The van der Waals surface area contributed by atoms with Gasteiger partial charge in [0.15, 0.2) is 0 Å². The fourth-order valence-corrected chi connectivity index (χ4v) is 9.29. The van der Waals surface area contributed by atoms with Crippen molar-refractivity contribution in [2.45, 2.75) is 125 Å². The number of hydrogen-bond acceptors (Lipinski definition) is 10. The van der Waals surface area contributed by atoms with E-state index in [2.05, 4.69) is 22.8 Å². The lowest BCUT2D eigenvalue weighted by atomic mass is 9.57. The number of esters is 2. The highest BCUT2D eigenvalue weighted by molar-refractivity contribution is 5.81. The van der Waals surface area contributed by atoms with E-state index in [9.17, 15) is 38.5 Å². The first-order valence-electron chi connectivity index (χ1n) is 17.4. The second-order valence-corrected chi connectivity index (χ2v) is 15.3. The summed E-state index contributed by atoms with van der Waals surface area (Å²) in [6.07, 6.45) is 5.35. The molecular weight excluding hydrogens is 626 g/mol. The number of ether oxygens (including phenoxy) is 2. The van der Waals surface area contributed by atoms with Crippen LogP contribution in [0.5, 0.6) is 0 Å². The average molecular weight is 673 g/mol. The maximum atomic E-state index is 13.8. The van der Waals surface area contributed by atoms with E-state index in [0.29, 0.717) is 77.0 Å². The van der Waals surface area contributed by atoms with Crippen LogP contribution >= 0.6 is 0 Å². The number of likely N-dealkylation sites (tertiary alicyclic amines) is 2. The highest BCUT2D eigenvalue weighted by Gasteiger charge is 2.55. The summed E-state index contributed by atoms with van der Waals surface area (Å²) >= 11 is 0. The van der Waals surface area contributed by atoms with Crippen molar-refractivity contribution in [3.63, 3.8) is 0 Å². The molecule has 4 bridgehead atoms. The smallest absolute Gasteiger partial charge is 0.312 e. The van der Waals surface area contributed by atoms with Crippen LogP contribution in [0.15, 0.2) is 0 Å². The minimum absolute atomic E-state index is 0.0165. The molecule has 2 aliphatic heterocycles. The lowest BCUT2D eigenvalue weighted by Gasteiger charge is -2.52. The standard InChI is InChI=1S/C34H46F2N6O6/c35-23-15-25(17-37)41(19-23)21-27(43)39-33-7-1-31(2-8-33,3-9-33)29(45)47-13-14-48-30(46)32-4-10-34(11-5-32,12-6-32)40-28(44)22-42-20-24(36)16-26(42)18-38/h23-26H,1-16,19-22H2,(H,39,43)(H,40,44)/t23-,24-,25-,26-,31?,32?,33?,34?/m0/s1. The predicted molar refractivity (Wildman–Crippen MR) is 165 cm³/mol. The molecule has 2 heterocycles. The molecule has 14 heteroatoms. The van der Waals surface area contributed by atoms with Crippen LogP contribution in [0.25, 0.3) is 0 Å². The SMILES string of the molecule is N#C[C@@H]1C[C@H](F)CN1CC(=O)NC12CCC(C(=O)OCCOC(=O)C34CCC(NC(=O)CN5C[C@@H](F)C[C@H]5C#N)(CC3)CC4)(CC1)CC2. The number of nitrogens with one attached hydrogen (secondary N) is 2. The number of amides is 2. The molecule has 6 aliphatic carbocycles. The molecule has 8 fully saturated rings. The minimum Gasteiger partial charge on any atom is -0.462 e. The van der Waals surface area contributed by atoms with Crippen molar-refractivity contribution in [2.75, 3.05) is 39.4 Å². The Labute approximate surface area is 279 Å². The zero-order chi connectivity index (χ0) is 34.2. The maximum Gasteiger partial charge on any atom is 0.312 e. The number of carbonyl (C=O) groups excluding carboxylic acids is 4. The average Bonchev–Trinajstić information content (AvgIpc) is 3.63. The van der Waals surface area contributed by atoms with Gasteiger partial charge >= 0.3 is 11.9 Å². The van der Waals surface area contributed by atoms with Crippen molar-refractivity contribution in [3.05, 3.63) is 0 Å². The second-order valence-electron chi connectivity index (χ2n) is 15.3. The summed E-state index contributed by atoms with van der Waals surface area (Å²) in [6, 6.07) is 2.96. The molecule has 6 saturated carbocycles. The molecule has 2 N–H and O–H groups in total. The Bertz CT molecular complexity index is 1230. The van der Waals surface area contributed by atoms with Gasteiger partial charge in [-0.2, -0.15) is 10.5 Å². The molecule has 0 radical (unpaired) electrons. The minimum atomic E-state index is -1.10. The van der Waals surface area contributed by atoms with Crippen LogP contribution in [0, 0.1) is 33.5 Å². The Kier molecular flexibility index (Phi) is 9.71. The third kappa shape index (κ3) is 6.88. The summed E-state index contributed by atoms with van der Waals surface area (Å²) in [5, 5.41) is 24.8. The van der Waals surface area contributed by atoms with Crippen molar-refractivity contribution in [3.8, 4) is 12.1 Å². The van der Waals surface area contributed by atoms with Crippen molar-refractivity contribution < 1.29 is 37.4 Å². The first-order valence-corrected chi connectivity index (χ1v) is 17.4. The van der Waals surface area contributed by atoms with Gasteiger partial charge in [0.1, 0.15) is 37.6 Å². The van der Waals surface area contributed by atoms with E-state index >= 15 is 0 Å². The number of halogens is 2. The van der Waals surface area contributed by atoms with Crippen LogP contribution in [0.2, 0.25) is 0 Å². The molecule has 0 unspecified atom stereocenters. The molecule has 48 heavy (non-hydrogen) atoms. The highest BCUT2D eigenvalue weighted by atomic mass is 19.1. The maximum absolute atomic E-state index is 13.8. The van der Waals surface area contributed by atoms with Gasteiger partial charge in [-0.05, 0) is 77.0 Å². The van der Waals surface area contributed by atoms with Gasteiger partial charge < -0.3 is 20.1 Å². The molecule has 0 spiro atoms. The molecular formula is C34H46F2N6O6. The molecule has 2 saturated heterocycles. The Morgan fingerprint density at radius 3 is 1.27 bits per heavy atom. The molecule has 4 atom stereocenters. The third-order valence-corrected chi connectivity index (χ3v) is 12.4. The monoisotopic (exact) mass is 672 g/mol. The number of fused-ring (bicyclic) bond motifs is 6. The lowest BCUT2D eigenvalue weighted by molar-refractivity contribution is -0.173. The Balaban J connectivity index is 0.894. The lowest BCUT2D eigenvalue weighted by Crippen LogP contribution is -2.60. The first kappa shape index (κ1) is 34.5. The van der Waals surface area contributed by atoms with E-state index in [4.69, 9.17) is 9.47 Å². The molecule has 8 aliphatic rings. The van der Waals surface area contributed by atoms with E-state index in [1.165, 1.54) is 0 Å². The van der Waals surface area contributed by atoms with Crippen LogP contribution in [0.3, 0.4) is 0 Å². The summed E-state index contributed by atoms with van der Waals surface area (Å²) in [4.78, 5) is 55.2. The van der Waals surface area contributed by atoms with Gasteiger partial charge in [0, 0.05) is 37.0 Å². The van der Waals surface area contributed by atoms with Gasteiger partial charge in [-0.25, -0.2) is 8.78 Å². The fraction of sp³-hybridized carbons (Fsp3) is 0.824. The summed E-state index contributed by atoms with van der Waals surface area (Å²) in [5.41, 5.74) is -2.04. The van der Waals surface area contributed by atoms with E-state index in [0.717, 1.165) is 0 Å². The summed E-state index contributed by atoms with van der Waals surface area (Å²) < 4.78 is 38.7. The third-order valence-electron chi connectivity index (χ3n) is 12.4. The van der Waals surface area contributed by atoms with Gasteiger partial charge in [-0.1, -0.05) is 0 Å². The Hall–Kier alpha value is -3.36. The van der Waals surface area contributed by atoms with Crippen molar-refractivity contribution in [1.29, 1.82) is 10.5 Å². The Morgan fingerprint density at radius 1 is 0.625 bits per heavy atom. The zero-order valence-corrected chi connectivity index (χ0v) is 27.4. The largest absolute Gasteiger partial charge is 0.462 e. The van der Waals surface area contributed by atoms with Gasteiger partial charge in [0.2, 0.25) is 11.8 Å². The van der Waals surface area contributed by atoms with Crippen LogP contribution in [-0.4, -0.2) is 108 Å². The Morgan fingerprint density at radius 2 is 0.958 bits per heavy atom. The van der Waals surface area contributed by atoms with Gasteiger partial charge in [0.05, 0.1) is 36.1 Å². The number of nitriles is 2. The predicted octanol–water partition coefficient (Wildman–Crippen LogP) is 2.36. The summed E-state index contributed by atoms with van der Waals surface area (Å²) in [6.45, 7) is 0.0692. The highest BCUT2D eigenvalue weighted by Crippen LogP contribution is 2.54. The fourth-order valence-electron chi connectivity index (χ4n) is 9.29. The molecule has 0 aromatic heterocycles. The molecule has 2 amide bonds. The zero-order valence-electron chi connectivity index (χ0n) is 27.4. The van der Waals surface area contributed by atoms with Crippen molar-refractivity contribution in [2.24, 2.45) is 10.8 Å². The summed E-state index contributed by atoms with van der Waals surface area (Å²) in [7, 11) is 0. The van der Waals surface area contributed by atoms with E-state index < -0.39 is 46.3 Å². The number of hydrogen-bond donors (Lipinski definition) is 2. The molecule has 12 nitrogen and oxygen atoms in total. The van der Waals surface area contributed by atoms with Crippen LogP contribution < -0.4 is 10.6 Å². The van der Waals surface area contributed by atoms with E-state index in [1.807, 2.05) is 0 Å². The molecule has 8 rings (SSSR count). The van der Waals surface area contributed by atoms with Crippen molar-refractivity contribution >= 4 is 23.8 Å². The van der Waals surface area contributed by atoms with Crippen LogP contribution in [-0.2, 0) is 28.7 Å². The van der Waals surface area contributed by atoms with Gasteiger partial charge in [0.25, 0.3) is 0 Å². The first-order chi connectivity index (χ1) is 22.9. The molecule has 0 aromatic carbocycles.